The lowest BCUT2D eigenvalue weighted by Gasteiger charge is -2.11. The van der Waals surface area contributed by atoms with Crippen LogP contribution >= 0.6 is 31.9 Å². The van der Waals surface area contributed by atoms with Crippen LogP contribution in [-0.2, 0) is 6.54 Å². The Balaban J connectivity index is 2.34. The number of benzene rings is 1. The number of hydrogen-bond acceptors (Lipinski definition) is 3. The van der Waals surface area contributed by atoms with Crippen molar-refractivity contribution in [3.05, 3.63) is 50.8 Å². The van der Waals surface area contributed by atoms with Crippen molar-refractivity contribution in [3.8, 4) is 11.6 Å². The maximum absolute atomic E-state index is 13.2. The van der Waals surface area contributed by atoms with Gasteiger partial charge in [0.1, 0.15) is 11.6 Å². The minimum atomic E-state index is -0.356. The van der Waals surface area contributed by atoms with E-state index in [4.69, 9.17) is 4.74 Å². The van der Waals surface area contributed by atoms with Gasteiger partial charge in [-0.3, -0.25) is 0 Å². The highest BCUT2D eigenvalue weighted by Crippen LogP contribution is 2.31. The molecule has 3 nitrogen and oxygen atoms in total. The summed E-state index contributed by atoms with van der Waals surface area (Å²) in [7, 11) is 1.84. The number of aromatic nitrogens is 1. The molecule has 1 aromatic carbocycles. The molecule has 0 saturated carbocycles. The van der Waals surface area contributed by atoms with Crippen LogP contribution in [0.3, 0.4) is 0 Å². The van der Waals surface area contributed by atoms with Crippen molar-refractivity contribution in [3.63, 3.8) is 0 Å². The van der Waals surface area contributed by atoms with Crippen molar-refractivity contribution in [2.75, 3.05) is 7.05 Å². The summed E-state index contributed by atoms with van der Waals surface area (Å²) in [5.41, 5.74) is 0.882. The molecule has 0 aliphatic rings. The summed E-state index contributed by atoms with van der Waals surface area (Å²) in [6.45, 7) is 0.606. The van der Waals surface area contributed by atoms with E-state index in [9.17, 15) is 4.39 Å². The van der Waals surface area contributed by atoms with Crippen molar-refractivity contribution in [2.24, 2.45) is 0 Å². The Hall–Kier alpha value is -0.980. The summed E-state index contributed by atoms with van der Waals surface area (Å²) < 4.78 is 20.4. The number of ether oxygens (including phenoxy) is 1. The Kier molecular flexibility index (Phi) is 4.90. The molecule has 6 heteroatoms. The Morgan fingerprint density at radius 3 is 2.84 bits per heavy atom. The zero-order chi connectivity index (χ0) is 13.8. The van der Waals surface area contributed by atoms with Crippen LogP contribution in [0.5, 0.6) is 11.6 Å². The first kappa shape index (κ1) is 14.4. The Labute approximate surface area is 127 Å². The van der Waals surface area contributed by atoms with Gasteiger partial charge in [0.05, 0.1) is 4.47 Å². The zero-order valence-electron chi connectivity index (χ0n) is 10.1. The van der Waals surface area contributed by atoms with E-state index in [0.717, 1.165) is 10.0 Å². The van der Waals surface area contributed by atoms with Crippen molar-refractivity contribution >= 4 is 31.9 Å². The van der Waals surface area contributed by atoms with E-state index in [2.05, 4.69) is 42.2 Å². The van der Waals surface area contributed by atoms with E-state index >= 15 is 0 Å². The van der Waals surface area contributed by atoms with Gasteiger partial charge >= 0.3 is 0 Å². The third-order valence-corrected chi connectivity index (χ3v) is 3.45. The van der Waals surface area contributed by atoms with Gasteiger partial charge in [-0.1, -0.05) is 0 Å². The Morgan fingerprint density at radius 2 is 2.11 bits per heavy atom. The summed E-state index contributed by atoms with van der Waals surface area (Å²) in [6.07, 6.45) is 1.64. The number of hydrogen-bond donors (Lipinski definition) is 1. The number of nitrogens with one attached hydrogen (secondary N) is 1. The fraction of sp³-hybridized carbons (Fsp3) is 0.154. The van der Waals surface area contributed by atoms with Gasteiger partial charge in [0.2, 0.25) is 5.88 Å². The maximum atomic E-state index is 13.2. The monoisotopic (exact) mass is 388 g/mol. The smallest absolute Gasteiger partial charge is 0.223 e. The minimum Gasteiger partial charge on any atom is -0.437 e. The molecule has 0 amide bonds. The van der Waals surface area contributed by atoms with E-state index in [1.165, 1.54) is 12.1 Å². The van der Waals surface area contributed by atoms with Crippen LogP contribution in [-0.4, -0.2) is 12.0 Å². The quantitative estimate of drug-likeness (QED) is 0.848. The normalized spacial score (nSPS) is 10.5. The van der Waals surface area contributed by atoms with Gasteiger partial charge in [-0.25, -0.2) is 9.37 Å². The topological polar surface area (TPSA) is 34.2 Å². The van der Waals surface area contributed by atoms with Gasteiger partial charge in [0.15, 0.2) is 0 Å². The number of rotatable bonds is 4. The summed E-state index contributed by atoms with van der Waals surface area (Å²) in [4.78, 5) is 4.21. The van der Waals surface area contributed by atoms with Crippen LogP contribution in [0.4, 0.5) is 4.39 Å². The predicted octanol–water partition coefficient (Wildman–Crippen LogP) is 4.26. The van der Waals surface area contributed by atoms with Crippen molar-refractivity contribution in [2.45, 2.75) is 6.54 Å². The van der Waals surface area contributed by atoms with Crippen molar-refractivity contribution < 1.29 is 9.13 Å². The molecular formula is C13H11Br2FN2O. The minimum absolute atomic E-state index is 0.356. The SMILES string of the molecule is CNCc1cc(Br)cnc1Oc1cc(F)ccc1Br. The number of halogens is 3. The van der Waals surface area contributed by atoms with E-state index < -0.39 is 0 Å². The van der Waals surface area contributed by atoms with E-state index in [1.54, 1.807) is 12.3 Å². The molecule has 0 bridgehead atoms. The molecule has 2 rings (SSSR count). The molecule has 0 atom stereocenters. The van der Waals surface area contributed by atoms with Gasteiger partial charge in [0.25, 0.3) is 0 Å². The Bertz CT molecular complexity index is 593. The van der Waals surface area contributed by atoms with Crippen molar-refractivity contribution in [1.82, 2.24) is 10.3 Å². The highest BCUT2D eigenvalue weighted by atomic mass is 79.9. The second-order valence-corrected chi connectivity index (χ2v) is 5.59. The predicted molar refractivity (Wildman–Crippen MR) is 78.9 cm³/mol. The molecule has 0 unspecified atom stereocenters. The third-order valence-electron chi connectivity index (χ3n) is 2.36. The van der Waals surface area contributed by atoms with E-state index in [1.807, 2.05) is 13.1 Å². The molecule has 1 N–H and O–H groups in total. The molecule has 0 radical (unpaired) electrons. The molecule has 1 aromatic heterocycles. The van der Waals surface area contributed by atoms with Crippen LogP contribution in [0.25, 0.3) is 0 Å². The molecular weight excluding hydrogens is 379 g/mol. The average molecular weight is 390 g/mol. The summed E-state index contributed by atoms with van der Waals surface area (Å²) in [5, 5.41) is 3.04. The van der Waals surface area contributed by atoms with E-state index in [-0.39, 0.29) is 5.82 Å². The lowest BCUT2D eigenvalue weighted by atomic mass is 10.2. The molecule has 0 saturated heterocycles. The lowest BCUT2D eigenvalue weighted by molar-refractivity contribution is 0.447. The first-order valence-electron chi connectivity index (χ1n) is 5.52. The van der Waals surface area contributed by atoms with Gasteiger partial charge in [-0.05, 0) is 57.1 Å². The molecule has 1 heterocycles. The standard InChI is InChI=1S/C13H11Br2FN2O/c1-17-6-8-4-9(14)7-18-13(8)19-12-5-10(16)2-3-11(12)15/h2-5,7,17H,6H2,1H3. The van der Waals surface area contributed by atoms with Crippen LogP contribution in [0, 0.1) is 5.82 Å². The largest absolute Gasteiger partial charge is 0.437 e. The fourth-order valence-corrected chi connectivity index (χ4v) is 2.24. The lowest BCUT2D eigenvalue weighted by Crippen LogP contribution is -2.07. The van der Waals surface area contributed by atoms with Crippen LogP contribution in [0.2, 0.25) is 0 Å². The second-order valence-electron chi connectivity index (χ2n) is 3.82. The molecule has 0 aliphatic heterocycles. The average Bonchev–Trinajstić information content (AvgIpc) is 2.37. The molecule has 0 aliphatic carbocycles. The van der Waals surface area contributed by atoms with Gasteiger partial charge in [-0.15, -0.1) is 0 Å². The highest BCUT2D eigenvalue weighted by molar-refractivity contribution is 9.10. The second kappa shape index (κ2) is 6.45. The summed E-state index contributed by atoms with van der Waals surface area (Å²) in [5.74, 6) is 0.488. The van der Waals surface area contributed by atoms with Crippen LogP contribution in [0.15, 0.2) is 39.4 Å². The fourth-order valence-electron chi connectivity index (χ4n) is 1.54. The maximum Gasteiger partial charge on any atom is 0.223 e. The van der Waals surface area contributed by atoms with Crippen molar-refractivity contribution in [1.29, 1.82) is 0 Å². The van der Waals surface area contributed by atoms with Crippen LogP contribution < -0.4 is 10.1 Å². The van der Waals surface area contributed by atoms with Gasteiger partial charge < -0.3 is 10.1 Å². The molecule has 19 heavy (non-hydrogen) atoms. The molecule has 0 spiro atoms. The molecule has 0 fully saturated rings. The number of pyridine rings is 1. The first-order valence-corrected chi connectivity index (χ1v) is 7.10. The first-order chi connectivity index (χ1) is 9.10. The van der Waals surface area contributed by atoms with Gasteiger partial charge in [0, 0.05) is 28.8 Å². The summed E-state index contributed by atoms with van der Waals surface area (Å²) >= 11 is 6.68. The third kappa shape index (κ3) is 3.75. The van der Waals surface area contributed by atoms with Gasteiger partial charge in [-0.2, -0.15) is 0 Å². The zero-order valence-corrected chi connectivity index (χ0v) is 13.3. The summed E-state index contributed by atoms with van der Waals surface area (Å²) in [6, 6.07) is 6.19. The van der Waals surface area contributed by atoms with E-state index in [0.29, 0.717) is 22.6 Å². The highest BCUT2D eigenvalue weighted by Gasteiger charge is 2.10. The number of nitrogens with zero attached hydrogens (tertiary/aromatic N) is 1. The molecule has 2 aromatic rings. The Morgan fingerprint density at radius 1 is 1.32 bits per heavy atom. The van der Waals surface area contributed by atoms with Crippen LogP contribution in [0.1, 0.15) is 5.56 Å². The molecule has 100 valence electrons.